The van der Waals surface area contributed by atoms with Crippen LogP contribution in [0.15, 0.2) is 0 Å². The van der Waals surface area contributed by atoms with Gasteiger partial charge in [0, 0.05) is 6.04 Å². The number of rotatable bonds is 7. The molecule has 0 spiro atoms. The van der Waals surface area contributed by atoms with E-state index in [1.807, 2.05) is 18.7 Å². The van der Waals surface area contributed by atoms with Crippen LogP contribution in [0.3, 0.4) is 0 Å². The molecular weight excluding hydrogens is 170 g/mol. The van der Waals surface area contributed by atoms with E-state index in [2.05, 4.69) is 18.5 Å². The molecular formula is C9H21NOS. The first-order chi connectivity index (χ1) is 5.66. The molecule has 3 heteroatoms. The summed E-state index contributed by atoms with van der Waals surface area (Å²) in [6, 6.07) is 0.437. The molecule has 0 bridgehead atoms. The molecule has 0 amide bonds. The Labute approximate surface area is 80.1 Å². The first-order valence-corrected chi connectivity index (χ1v) is 5.96. The summed E-state index contributed by atoms with van der Waals surface area (Å²) in [6.45, 7) is 5.01. The lowest BCUT2D eigenvalue weighted by molar-refractivity contribution is 0.171. The van der Waals surface area contributed by atoms with Crippen molar-refractivity contribution in [2.24, 2.45) is 0 Å². The van der Waals surface area contributed by atoms with Gasteiger partial charge in [-0.25, -0.2) is 0 Å². The lowest BCUT2D eigenvalue weighted by Gasteiger charge is -2.14. The van der Waals surface area contributed by atoms with Crippen LogP contribution in [0.4, 0.5) is 0 Å². The van der Waals surface area contributed by atoms with Crippen LogP contribution in [0.25, 0.3) is 0 Å². The predicted octanol–water partition coefficient (Wildman–Crippen LogP) is 1.49. The zero-order valence-corrected chi connectivity index (χ0v) is 9.16. The fraction of sp³-hybridized carbons (Fsp3) is 1.00. The van der Waals surface area contributed by atoms with Gasteiger partial charge in [-0.05, 0) is 45.2 Å². The number of nitrogens with one attached hydrogen (secondary N) is 1. The van der Waals surface area contributed by atoms with Gasteiger partial charge in [0.1, 0.15) is 0 Å². The smallest absolute Gasteiger partial charge is 0.0526 e. The van der Waals surface area contributed by atoms with Crippen LogP contribution in [-0.2, 0) is 0 Å². The maximum absolute atomic E-state index is 9.08. The van der Waals surface area contributed by atoms with Gasteiger partial charge in [0.25, 0.3) is 0 Å². The average molecular weight is 191 g/mol. The van der Waals surface area contributed by atoms with E-state index in [-0.39, 0.29) is 6.10 Å². The summed E-state index contributed by atoms with van der Waals surface area (Å²) in [5.74, 6) is 1.22. The SMILES string of the molecule is CSCCCNC(C)CC(C)O. The number of aliphatic hydroxyl groups is 1. The van der Waals surface area contributed by atoms with E-state index < -0.39 is 0 Å². The Hall–Kier alpha value is 0.270. The lowest BCUT2D eigenvalue weighted by Crippen LogP contribution is -2.30. The highest BCUT2D eigenvalue weighted by atomic mass is 32.2. The van der Waals surface area contributed by atoms with Gasteiger partial charge in [-0.2, -0.15) is 11.8 Å². The van der Waals surface area contributed by atoms with Crippen molar-refractivity contribution >= 4 is 11.8 Å². The molecule has 2 atom stereocenters. The number of hydrogen-bond acceptors (Lipinski definition) is 3. The molecule has 0 aromatic carbocycles. The second-order valence-corrected chi connectivity index (χ2v) is 4.27. The van der Waals surface area contributed by atoms with Gasteiger partial charge in [0.15, 0.2) is 0 Å². The number of thioether (sulfide) groups is 1. The van der Waals surface area contributed by atoms with Gasteiger partial charge >= 0.3 is 0 Å². The molecule has 0 aromatic heterocycles. The Kier molecular flexibility index (Phi) is 8.07. The van der Waals surface area contributed by atoms with Crippen molar-refractivity contribution in [2.75, 3.05) is 18.6 Å². The highest BCUT2D eigenvalue weighted by molar-refractivity contribution is 7.98. The zero-order chi connectivity index (χ0) is 9.40. The molecule has 0 fully saturated rings. The average Bonchev–Trinajstić information content (AvgIpc) is 1.97. The Morgan fingerprint density at radius 2 is 2.08 bits per heavy atom. The highest BCUT2D eigenvalue weighted by Crippen LogP contribution is 1.98. The predicted molar refractivity (Wildman–Crippen MR) is 56.8 cm³/mol. The summed E-state index contributed by atoms with van der Waals surface area (Å²) in [6.07, 6.45) is 4.00. The van der Waals surface area contributed by atoms with Crippen LogP contribution < -0.4 is 5.32 Å². The minimum atomic E-state index is -0.187. The van der Waals surface area contributed by atoms with Gasteiger partial charge in [-0.3, -0.25) is 0 Å². The number of hydrogen-bond donors (Lipinski definition) is 2. The van der Waals surface area contributed by atoms with Gasteiger partial charge in [0.05, 0.1) is 6.10 Å². The molecule has 12 heavy (non-hydrogen) atoms. The van der Waals surface area contributed by atoms with Crippen LogP contribution in [0.1, 0.15) is 26.7 Å². The normalized spacial score (nSPS) is 16.0. The van der Waals surface area contributed by atoms with Crippen molar-refractivity contribution < 1.29 is 5.11 Å². The van der Waals surface area contributed by atoms with Crippen molar-refractivity contribution in [1.82, 2.24) is 5.32 Å². The van der Waals surface area contributed by atoms with Crippen LogP contribution in [-0.4, -0.2) is 35.8 Å². The minimum absolute atomic E-state index is 0.187. The third-order valence-electron chi connectivity index (χ3n) is 1.71. The van der Waals surface area contributed by atoms with Crippen molar-refractivity contribution in [2.45, 2.75) is 38.8 Å². The summed E-state index contributed by atoms with van der Waals surface area (Å²) < 4.78 is 0. The molecule has 0 heterocycles. The topological polar surface area (TPSA) is 32.3 Å². The van der Waals surface area contributed by atoms with E-state index in [0.717, 1.165) is 13.0 Å². The monoisotopic (exact) mass is 191 g/mol. The van der Waals surface area contributed by atoms with E-state index in [1.165, 1.54) is 12.2 Å². The van der Waals surface area contributed by atoms with Crippen LogP contribution in [0.2, 0.25) is 0 Å². The third-order valence-corrected chi connectivity index (χ3v) is 2.41. The van der Waals surface area contributed by atoms with Crippen molar-refractivity contribution in [3.05, 3.63) is 0 Å². The molecule has 0 saturated carbocycles. The Morgan fingerprint density at radius 3 is 2.58 bits per heavy atom. The largest absolute Gasteiger partial charge is 0.393 e. The Balaban J connectivity index is 3.14. The van der Waals surface area contributed by atoms with Gasteiger partial charge < -0.3 is 10.4 Å². The fourth-order valence-corrected chi connectivity index (χ4v) is 1.59. The summed E-state index contributed by atoms with van der Waals surface area (Å²) in [5.41, 5.74) is 0. The summed E-state index contributed by atoms with van der Waals surface area (Å²) in [7, 11) is 0. The van der Waals surface area contributed by atoms with E-state index >= 15 is 0 Å². The molecule has 0 aliphatic heterocycles. The minimum Gasteiger partial charge on any atom is -0.393 e. The van der Waals surface area contributed by atoms with E-state index in [0.29, 0.717) is 6.04 Å². The molecule has 2 unspecified atom stereocenters. The first-order valence-electron chi connectivity index (χ1n) is 4.57. The second kappa shape index (κ2) is 7.90. The van der Waals surface area contributed by atoms with E-state index in [4.69, 9.17) is 5.11 Å². The van der Waals surface area contributed by atoms with Gasteiger partial charge in [-0.15, -0.1) is 0 Å². The highest BCUT2D eigenvalue weighted by Gasteiger charge is 2.03. The molecule has 2 N–H and O–H groups in total. The lowest BCUT2D eigenvalue weighted by atomic mass is 10.1. The van der Waals surface area contributed by atoms with Gasteiger partial charge in [0.2, 0.25) is 0 Å². The maximum Gasteiger partial charge on any atom is 0.0526 e. The molecule has 0 aliphatic carbocycles. The maximum atomic E-state index is 9.08. The molecule has 2 nitrogen and oxygen atoms in total. The molecule has 0 aromatic rings. The Bertz CT molecular complexity index is 98.5. The van der Waals surface area contributed by atoms with E-state index in [9.17, 15) is 0 Å². The van der Waals surface area contributed by atoms with Crippen LogP contribution in [0, 0.1) is 0 Å². The van der Waals surface area contributed by atoms with Crippen molar-refractivity contribution in [1.29, 1.82) is 0 Å². The Morgan fingerprint density at radius 1 is 1.42 bits per heavy atom. The van der Waals surface area contributed by atoms with Crippen LogP contribution >= 0.6 is 11.8 Å². The number of aliphatic hydroxyl groups excluding tert-OH is 1. The molecule has 74 valence electrons. The molecule has 0 radical (unpaired) electrons. The van der Waals surface area contributed by atoms with E-state index in [1.54, 1.807) is 0 Å². The molecule has 0 saturated heterocycles. The van der Waals surface area contributed by atoms with Crippen molar-refractivity contribution in [3.63, 3.8) is 0 Å². The van der Waals surface area contributed by atoms with Gasteiger partial charge in [-0.1, -0.05) is 0 Å². The summed E-state index contributed by atoms with van der Waals surface area (Å²) >= 11 is 1.88. The molecule has 0 rings (SSSR count). The zero-order valence-electron chi connectivity index (χ0n) is 8.34. The second-order valence-electron chi connectivity index (χ2n) is 3.29. The van der Waals surface area contributed by atoms with Crippen LogP contribution in [0.5, 0.6) is 0 Å². The fourth-order valence-electron chi connectivity index (χ4n) is 1.16. The standard InChI is InChI=1S/C9H21NOS/c1-8(7-9(2)11)10-5-4-6-12-3/h8-11H,4-7H2,1-3H3. The van der Waals surface area contributed by atoms with Crippen molar-refractivity contribution in [3.8, 4) is 0 Å². The summed E-state index contributed by atoms with van der Waals surface area (Å²) in [4.78, 5) is 0. The molecule has 0 aliphatic rings. The summed E-state index contributed by atoms with van der Waals surface area (Å²) in [5, 5.41) is 12.5. The first kappa shape index (κ1) is 12.3. The third kappa shape index (κ3) is 8.37. The quantitative estimate of drug-likeness (QED) is 0.598.